The molecule has 0 unspecified atom stereocenters. The Morgan fingerprint density at radius 2 is 2.17 bits per heavy atom. The van der Waals surface area contributed by atoms with E-state index in [9.17, 15) is 14.7 Å². The minimum Gasteiger partial charge on any atom is -0.481 e. The van der Waals surface area contributed by atoms with Crippen molar-refractivity contribution >= 4 is 11.9 Å². The van der Waals surface area contributed by atoms with Crippen molar-refractivity contribution in [3.05, 3.63) is 42.0 Å². The summed E-state index contributed by atoms with van der Waals surface area (Å²) >= 11 is 0. The number of carbonyl (C=O) groups is 2. The molecule has 0 saturated heterocycles. The van der Waals surface area contributed by atoms with Crippen molar-refractivity contribution < 1.29 is 14.7 Å². The van der Waals surface area contributed by atoms with Crippen LogP contribution in [0.25, 0.3) is 5.69 Å². The van der Waals surface area contributed by atoms with Crippen LogP contribution in [0, 0.1) is 12.8 Å². The van der Waals surface area contributed by atoms with E-state index >= 15 is 0 Å². The molecule has 7 nitrogen and oxygen atoms in total. The molecule has 1 heterocycles. The molecule has 2 aromatic rings. The van der Waals surface area contributed by atoms with E-state index in [0.29, 0.717) is 18.4 Å². The largest absolute Gasteiger partial charge is 0.481 e. The standard InChI is InChI=1S/C16H18N4O3/c1-10-7-11(20-9-17-8-18-20)5-6-12(10)15(21)19-14-4-2-3-13(14)16(22)23/h5-9,13-14H,2-4H2,1H3,(H,19,21)(H,22,23)/t13-,14+/m0/s1. The van der Waals surface area contributed by atoms with Gasteiger partial charge in [0.25, 0.3) is 5.91 Å². The van der Waals surface area contributed by atoms with Gasteiger partial charge in [0.2, 0.25) is 0 Å². The van der Waals surface area contributed by atoms with Gasteiger partial charge in [-0.05, 0) is 43.5 Å². The highest BCUT2D eigenvalue weighted by Gasteiger charge is 2.34. The number of aromatic nitrogens is 3. The van der Waals surface area contributed by atoms with Crippen LogP contribution in [0.2, 0.25) is 0 Å². The van der Waals surface area contributed by atoms with Gasteiger partial charge in [0.1, 0.15) is 12.7 Å². The first kappa shape index (κ1) is 15.2. The number of carbonyl (C=O) groups excluding carboxylic acids is 1. The normalized spacial score (nSPS) is 20.4. The molecule has 7 heteroatoms. The fourth-order valence-corrected chi connectivity index (χ4v) is 3.06. The van der Waals surface area contributed by atoms with Crippen LogP contribution in [0.4, 0.5) is 0 Å². The molecule has 0 spiro atoms. The number of carboxylic acids is 1. The van der Waals surface area contributed by atoms with Crippen molar-refractivity contribution in [2.45, 2.75) is 32.2 Å². The summed E-state index contributed by atoms with van der Waals surface area (Å²) in [6.07, 6.45) is 5.18. The summed E-state index contributed by atoms with van der Waals surface area (Å²) < 4.78 is 1.62. The Bertz CT molecular complexity index is 727. The van der Waals surface area contributed by atoms with Crippen LogP contribution in [0.15, 0.2) is 30.9 Å². The van der Waals surface area contributed by atoms with Gasteiger partial charge >= 0.3 is 5.97 Å². The first-order chi connectivity index (χ1) is 11.1. The van der Waals surface area contributed by atoms with Crippen LogP contribution in [-0.4, -0.2) is 37.8 Å². The quantitative estimate of drug-likeness (QED) is 0.892. The molecule has 120 valence electrons. The van der Waals surface area contributed by atoms with Gasteiger partial charge in [0.05, 0.1) is 11.6 Å². The summed E-state index contributed by atoms with van der Waals surface area (Å²) in [4.78, 5) is 27.6. The molecule has 1 fully saturated rings. The van der Waals surface area contributed by atoms with Crippen molar-refractivity contribution in [3.8, 4) is 5.69 Å². The molecule has 1 aromatic carbocycles. The van der Waals surface area contributed by atoms with E-state index in [1.165, 1.54) is 6.33 Å². The zero-order chi connectivity index (χ0) is 16.4. The first-order valence-corrected chi connectivity index (χ1v) is 7.55. The number of aryl methyl sites for hydroxylation is 1. The zero-order valence-corrected chi connectivity index (χ0v) is 12.8. The van der Waals surface area contributed by atoms with Crippen LogP contribution in [0.1, 0.15) is 35.2 Å². The topological polar surface area (TPSA) is 97.1 Å². The van der Waals surface area contributed by atoms with Gasteiger partial charge in [-0.2, -0.15) is 5.10 Å². The van der Waals surface area contributed by atoms with Gasteiger partial charge < -0.3 is 10.4 Å². The number of nitrogens with zero attached hydrogens (tertiary/aromatic N) is 3. The number of benzene rings is 1. The maximum absolute atomic E-state index is 12.4. The number of aliphatic carboxylic acids is 1. The third-order valence-electron chi connectivity index (χ3n) is 4.29. The van der Waals surface area contributed by atoms with Crippen molar-refractivity contribution in [1.82, 2.24) is 20.1 Å². The second-order valence-corrected chi connectivity index (χ2v) is 5.79. The molecule has 1 aliphatic rings. The highest BCUT2D eigenvalue weighted by atomic mass is 16.4. The lowest BCUT2D eigenvalue weighted by Gasteiger charge is -2.18. The number of amides is 1. The maximum Gasteiger partial charge on any atom is 0.308 e. The number of rotatable bonds is 4. The molecule has 2 atom stereocenters. The van der Waals surface area contributed by atoms with E-state index in [1.807, 2.05) is 13.0 Å². The second-order valence-electron chi connectivity index (χ2n) is 5.79. The Kier molecular flexibility index (Phi) is 4.10. The Morgan fingerprint density at radius 3 is 2.83 bits per heavy atom. The van der Waals surface area contributed by atoms with Gasteiger partial charge in [-0.3, -0.25) is 9.59 Å². The monoisotopic (exact) mass is 314 g/mol. The van der Waals surface area contributed by atoms with Crippen molar-refractivity contribution in [2.75, 3.05) is 0 Å². The third kappa shape index (κ3) is 3.08. The number of nitrogens with one attached hydrogen (secondary N) is 1. The number of carboxylic acid groups (broad SMARTS) is 1. The molecule has 1 saturated carbocycles. The van der Waals surface area contributed by atoms with Gasteiger partial charge in [0, 0.05) is 11.6 Å². The molecular formula is C16H18N4O3. The van der Waals surface area contributed by atoms with E-state index in [4.69, 9.17) is 0 Å². The third-order valence-corrected chi connectivity index (χ3v) is 4.29. The molecule has 1 aromatic heterocycles. The molecule has 23 heavy (non-hydrogen) atoms. The lowest BCUT2D eigenvalue weighted by atomic mass is 10.0. The Balaban J connectivity index is 1.76. The molecule has 0 bridgehead atoms. The Morgan fingerprint density at radius 1 is 1.35 bits per heavy atom. The van der Waals surface area contributed by atoms with Gasteiger partial charge in [0.15, 0.2) is 0 Å². The predicted octanol–water partition coefficient (Wildman–Crippen LogP) is 1.56. The number of hydrogen-bond donors (Lipinski definition) is 2. The van der Waals surface area contributed by atoms with Crippen molar-refractivity contribution in [1.29, 1.82) is 0 Å². The van der Waals surface area contributed by atoms with Crippen LogP contribution in [0.3, 0.4) is 0 Å². The summed E-state index contributed by atoms with van der Waals surface area (Å²) in [6.45, 7) is 1.85. The lowest BCUT2D eigenvalue weighted by Crippen LogP contribution is -2.40. The average Bonchev–Trinajstić information content (AvgIpc) is 3.18. The summed E-state index contributed by atoms with van der Waals surface area (Å²) in [7, 11) is 0. The summed E-state index contributed by atoms with van der Waals surface area (Å²) in [5, 5.41) is 16.1. The SMILES string of the molecule is Cc1cc(-n2cncn2)ccc1C(=O)N[C@@H]1CCC[C@@H]1C(=O)O. The lowest BCUT2D eigenvalue weighted by molar-refractivity contribution is -0.142. The highest BCUT2D eigenvalue weighted by molar-refractivity contribution is 5.96. The molecule has 3 rings (SSSR count). The summed E-state index contributed by atoms with van der Waals surface area (Å²) in [6, 6.07) is 5.08. The zero-order valence-electron chi connectivity index (χ0n) is 12.8. The fourth-order valence-electron chi connectivity index (χ4n) is 3.06. The van der Waals surface area contributed by atoms with Gasteiger partial charge in [-0.15, -0.1) is 0 Å². The van der Waals surface area contributed by atoms with E-state index in [2.05, 4.69) is 15.4 Å². The molecule has 1 amide bonds. The number of hydrogen-bond acceptors (Lipinski definition) is 4. The molecule has 2 N–H and O–H groups in total. The molecule has 0 radical (unpaired) electrons. The van der Waals surface area contributed by atoms with Crippen LogP contribution < -0.4 is 5.32 Å². The Labute approximate surface area is 133 Å². The van der Waals surface area contributed by atoms with E-state index in [0.717, 1.165) is 17.7 Å². The smallest absolute Gasteiger partial charge is 0.308 e. The maximum atomic E-state index is 12.4. The van der Waals surface area contributed by atoms with E-state index in [-0.39, 0.29) is 11.9 Å². The highest BCUT2D eigenvalue weighted by Crippen LogP contribution is 2.26. The van der Waals surface area contributed by atoms with Gasteiger partial charge in [-0.25, -0.2) is 9.67 Å². The molecule has 0 aliphatic heterocycles. The Hall–Kier alpha value is -2.70. The van der Waals surface area contributed by atoms with Gasteiger partial charge in [-0.1, -0.05) is 6.42 Å². The van der Waals surface area contributed by atoms with Crippen LogP contribution >= 0.6 is 0 Å². The summed E-state index contributed by atoms with van der Waals surface area (Å²) in [5.41, 5.74) is 2.17. The molecular weight excluding hydrogens is 296 g/mol. The minimum atomic E-state index is -0.842. The van der Waals surface area contributed by atoms with Crippen molar-refractivity contribution in [2.24, 2.45) is 5.92 Å². The average molecular weight is 314 g/mol. The van der Waals surface area contributed by atoms with E-state index in [1.54, 1.807) is 23.1 Å². The first-order valence-electron chi connectivity index (χ1n) is 7.55. The fraction of sp³-hybridized carbons (Fsp3) is 0.375. The molecule has 1 aliphatic carbocycles. The van der Waals surface area contributed by atoms with Crippen LogP contribution in [0.5, 0.6) is 0 Å². The predicted molar refractivity (Wildman–Crippen MR) is 82.3 cm³/mol. The minimum absolute atomic E-state index is 0.231. The second kappa shape index (κ2) is 6.20. The van der Waals surface area contributed by atoms with Crippen molar-refractivity contribution in [3.63, 3.8) is 0 Å². The van der Waals surface area contributed by atoms with E-state index < -0.39 is 11.9 Å². The summed E-state index contributed by atoms with van der Waals surface area (Å²) in [5.74, 6) is -1.56. The van der Waals surface area contributed by atoms with Crippen LogP contribution in [-0.2, 0) is 4.79 Å².